The van der Waals surface area contributed by atoms with E-state index < -0.39 is 16.6 Å². The number of halogens is 1. The average molecular weight is 175 g/mol. The minimum Gasteiger partial charge on any atom is -0.303 e. The van der Waals surface area contributed by atoms with Gasteiger partial charge in [-0.2, -0.15) is 0 Å². The highest BCUT2D eigenvalue weighted by Crippen LogP contribution is 1.84. The minimum absolute atomic E-state index is 0. The molecule has 1 aliphatic rings. The van der Waals surface area contributed by atoms with E-state index in [-0.39, 0.29) is 24.7 Å². The van der Waals surface area contributed by atoms with E-state index >= 15 is 0 Å². The summed E-state index contributed by atoms with van der Waals surface area (Å²) < 4.78 is 37.1. The van der Waals surface area contributed by atoms with Gasteiger partial charge in [0, 0.05) is 6.54 Å². The molecule has 0 spiro atoms. The molecule has 56 valence electrons. The van der Waals surface area contributed by atoms with Crippen LogP contribution >= 0.6 is 12.4 Å². The summed E-state index contributed by atoms with van der Waals surface area (Å²) in [5.74, 6) is -0.0630. The van der Waals surface area contributed by atoms with E-state index in [0.717, 1.165) is 0 Å². The van der Waals surface area contributed by atoms with Crippen molar-refractivity contribution in [1.29, 1.82) is 0 Å². The second-order valence-electron chi connectivity index (χ2n) is 1.47. The van der Waals surface area contributed by atoms with Gasteiger partial charge >= 0.3 is 0 Å². The van der Waals surface area contributed by atoms with Crippen molar-refractivity contribution in [3.63, 3.8) is 0 Å². The van der Waals surface area contributed by atoms with E-state index in [9.17, 15) is 8.42 Å². The molecular weight excluding hydrogens is 164 g/mol. The summed E-state index contributed by atoms with van der Waals surface area (Å²) in [6, 6.07) is 0. The van der Waals surface area contributed by atoms with Crippen molar-refractivity contribution in [3.8, 4) is 0 Å². The van der Waals surface area contributed by atoms with Crippen LogP contribution in [0.5, 0.6) is 0 Å². The molecule has 1 aliphatic heterocycles. The molecule has 0 radical (unpaired) electrons. The first-order valence-corrected chi connectivity index (χ1v) is 3.83. The highest BCUT2D eigenvalue weighted by Gasteiger charge is 2.12. The van der Waals surface area contributed by atoms with Crippen molar-refractivity contribution in [2.75, 3.05) is 18.9 Å². The third kappa shape index (κ3) is 3.00. The zero-order valence-corrected chi connectivity index (χ0v) is 6.18. The quantitative estimate of drug-likeness (QED) is 0.490. The molecule has 9 heavy (non-hydrogen) atoms. The Morgan fingerprint density at radius 2 is 2.22 bits per heavy atom. The van der Waals surface area contributed by atoms with Crippen LogP contribution in [0.3, 0.4) is 0 Å². The third-order valence-electron chi connectivity index (χ3n) is 0.791. The fraction of sp³-hybridized carbons (Fsp3) is 1.00. The molecule has 0 aliphatic carbocycles. The highest BCUT2D eigenvalue weighted by molar-refractivity contribution is 7.89. The Bertz CT molecular complexity index is 229. The van der Waals surface area contributed by atoms with Crippen LogP contribution in [-0.2, 0) is 10.0 Å². The number of hydrogen-bond acceptors (Lipinski definition) is 3. The molecule has 2 N–H and O–H groups in total. The molecule has 1 fully saturated rings. The second-order valence-corrected chi connectivity index (χ2v) is 3.31. The van der Waals surface area contributed by atoms with E-state index in [0.29, 0.717) is 0 Å². The Labute approximate surface area is 63.3 Å². The van der Waals surface area contributed by atoms with E-state index in [1.807, 2.05) is 4.72 Å². The van der Waals surface area contributed by atoms with Gasteiger partial charge in [0.05, 0.1) is 15.1 Å². The lowest BCUT2D eigenvalue weighted by atomic mass is 10.7. The fourth-order valence-corrected chi connectivity index (χ4v) is 1.11. The molecule has 0 aromatic carbocycles. The topological polar surface area (TPSA) is 58.2 Å². The van der Waals surface area contributed by atoms with Crippen molar-refractivity contribution in [1.82, 2.24) is 10.0 Å². The number of sulfonamides is 1. The SMILES string of the molecule is Cl.[2H]C1([2H])NCCS(=O)(=O)N1. The highest BCUT2D eigenvalue weighted by atomic mass is 35.5. The molecule has 1 rings (SSSR count). The molecule has 0 saturated carbocycles. The summed E-state index contributed by atoms with van der Waals surface area (Å²) in [6.45, 7) is -1.82. The van der Waals surface area contributed by atoms with Crippen LogP contribution in [0.15, 0.2) is 0 Å². The summed E-state index contributed by atoms with van der Waals surface area (Å²) in [4.78, 5) is 0. The van der Waals surface area contributed by atoms with Crippen molar-refractivity contribution in [2.24, 2.45) is 0 Å². The fourth-order valence-electron chi connectivity index (χ4n) is 0.413. The molecule has 0 amide bonds. The Morgan fingerprint density at radius 1 is 1.56 bits per heavy atom. The Balaban J connectivity index is 0.000001000. The number of rotatable bonds is 0. The molecule has 1 saturated heterocycles. The van der Waals surface area contributed by atoms with Gasteiger partial charge in [0.25, 0.3) is 0 Å². The van der Waals surface area contributed by atoms with Crippen LogP contribution < -0.4 is 10.0 Å². The van der Waals surface area contributed by atoms with Crippen molar-refractivity contribution >= 4 is 22.4 Å². The van der Waals surface area contributed by atoms with E-state index in [1.54, 1.807) is 0 Å². The lowest BCUT2D eigenvalue weighted by Gasteiger charge is -2.12. The van der Waals surface area contributed by atoms with Crippen LogP contribution in [-0.4, -0.2) is 27.3 Å². The summed E-state index contributed by atoms with van der Waals surface area (Å²) in [5, 5.41) is 2.36. The maximum absolute atomic E-state index is 10.7. The Kier molecular flexibility index (Phi) is 2.21. The van der Waals surface area contributed by atoms with Crippen molar-refractivity contribution in [2.45, 2.75) is 0 Å². The predicted molar refractivity (Wildman–Crippen MR) is 37.0 cm³/mol. The molecular formula is C3H9ClN2O2S. The molecule has 0 unspecified atom stereocenters. The summed E-state index contributed by atoms with van der Waals surface area (Å²) in [6.07, 6.45) is 0. The monoisotopic (exact) mass is 174 g/mol. The third-order valence-corrected chi connectivity index (χ3v) is 1.95. The minimum atomic E-state index is -3.38. The first-order valence-electron chi connectivity index (χ1n) is 3.18. The molecule has 0 bridgehead atoms. The maximum atomic E-state index is 10.7. The summed E-state index contributed by atoms with van der Waals surface area (Å²) >= 11 is 0. The molecule has 1 heterocycles. The Hall–Kier alpha value is 0.160. The van der Waals surface area contributed by atoms with Gasteiger partial charge in [-0.15, -0.1) is 12.4 Å². The van der Waals surface area contributed by atoms with E-state index in [1.165, 1.54) is 0 Å². The van der Waals surface area contributed by atoms with Gasteiger partial charge in [-0.25, -0.2) is 13.1 Å². The predicted octanol–water partition coefficient (Wildman–Crippen LogP) is -1.11. The largest absolute Gasteiger partial charge is 0.303 e. The first-order chi connectivity index (χ1) is 4.41. The molecule has 0 atom stereocenters. The first kappa shape index (κ1) is 5.91. The maximum Gasteiger partial charge on any atom is 0.213 e. The van der Waals surface area contributed by atoms with Crippen LogP contribution in [0, 0.1) is 0 Å². The van der Waals surface area contributed by atoms with Gasteiger partial charge in [-0.05, 0) is 0 Å². The van der Waals surface area contributed by atoms with Gasteiger partial charge in [-0.3, -0.25) is 0 Å². The zero-order chi connectivity index (χ0) is 7.83. The lowest BCUT2D eigenvalue weighted by Crippen LogP contribution is -2.44. The van der Waals surface area contributed by atoms with Crippen LogP contribution in [0.4, 0.5) is 0 Å². The molecule has 6 heteroatoms. The zero-order valence-electron chi connectivity index (χ0n) is 6.55. The van der Waals surface area contributed by atoms with E-state index in [2.05, 4.69) is 5.32 Å². The second kappa shape index (κ2) is 3.36. The average Bonchev–Trinajstić information content (AvgIpc) is 1.56. The number of nitrogens with one attached hydrogen (secondary N) is 2. The molecule has 0 aromatic rings. The van der Waals surface area contributed by atoms with Gasteiger partial charge in [0.2, 0.25) is 10.0 Å². The van der Waals surface area contributed by atoms with Gasteiger partial charge in [0.15, 0.2) is 0 Å². The van der Waals surface area contributed by atoms with Gasteiger partial charge < -0.3 is 5.32 Å². The molecule has 0 aromatic heterocycles. The van der Waals surface area contributed by atoms with Crippen molar-refractivity contribution < 1.29 is 11.2 Å². The normalized spacial score (nSPS) is 33.3. The summed E-state index contributed by atoms with van der Waals surface area (Å²) in [5.41, 5.74) is 0. The number of hydrogen-bond donors (Lipinski definition) is 2. The standard InChI is InChI=1S/C3H8N2O2S.ClH/c6-8(7)2-1-4-3-5-8;/h4-5H,1-3H2;1H/i3D2;. The van der Waals surface area contributed by atoms with E-state index in [4.69, 9.17) is 2.74 Å². The Morgan fingerprint density at radius 3 is 2.56 bits per heavy atom. The lowest BCUT2D eigenvalue weighted by molar-refractivity contribution is 0.551. The smallest absolute Gasteiger partial charge is 0.213 e. The van der Waals surface area contributed by atoms with Crippen molar-refractivity contribution in [3.05, 3.63) is 0 Å². The molecule has 4 nitrogen and oxygen atoms in total. The summed E-state index contributed by atoms with van der Waals surface area (Å²) in [7, 11) is -3.38. The van der Waals surface area contributed by atoms with Gasteiger partial charge in [0.1, 0.15) is 0 Å². The van der Waals surface area contributed by atoms with Crippen LogP contribution in [0.25, 0.3) is 0 Å². The van der Waals surface area contributed by atoms with Crippen LogP contribution in [0.1, 0.15) is 2.74 Å². The van der Waals surface area contributed by atoms with Crippen LogP contribution in [0.2, 0.25) is 0 Å². The van der Waals surface area contributed by atoms with Gasteiger partial charge in [-0.1, -0.05) is 0 Å².